The van der Waals surface area contributed by atoms with Gasteiger partial charge in [-0.15, -0.1) is 0 Å². The Labute approximate surface area is 251 Å². The highest BCUT2D eigenvalue weighted by Crippen LogP contribution is 2.66. The van der Waals surface area contributed by atoms with E-state index < -0.39 is 0 Å². The van der Waals surface area contributed by atoms with Crippen LogP contribution in [-0.2, 0) is 19.1 Å². The Morgan fingerprint density at radius 3 is 2.48 bits per heavy atom. The summed E-state index contributed by atoms with van der Waals surface area (Å²) < 4.78 is 12.2. The molecule has 0 radical (unpaired) electrons. The largest absolute Gasteiger partial charge is 0.462 e. The summed E-state index contributed by atoms with van der Waals surface area (Å²) in [6.45, 7) is 6.44. The molecule has 2 aromatic carbocycles. The van der Waals surface area contributed by atoms with Gasteiger partial charge in [-0.1, -0.05) is 74.4 Å². The third-order valence-corrected chi connectivity index (χ3v) is 12.8. The van der Waals surface area contributed by atoms with E-state index in [2.05, 4.69) is 62.4 Å². The number of ether oxygens (including phenoxy) is 2. The van der Waals surface area contributed by atoms with Gasteiger partial charge in [0.2, 0.25) is 0 Å². The van der Waals surface area contributed by atoms with Crippen molar-refractivity contribution in [3.63, 3.8) is 0 Å². The highest BCUT2D eigenvalue weighted by molar-refractivity contribution is 5.83. The zero-order valence-electron chi connectivity index (χ0n) is 25.8. The molecule has 5 aliphatic rings. The first kappa shape index (κ1) is 28.2. The maximum atomic E-state index is 14.1. The Balaban J connectivity index is 1.07. The van der Waals surface area contributed by atoms with E-state index in [1.807, 2.05) is 0 Å². The fourth-order valence-corrected chi connectivity index (χ4v) is 10.6. The summed E-state index contributed by atoms with van der Waals surface area (Å²) in [7, 11) is 0. The number of carbonyl (C=O) groups is 2. The van der Waals surface area contributed by atoms with Crippen LogP contribution in [0, 0.1) is 34.5 Å². The molecule has 0 amide bonds. The van der Waals surface area contributed by atoms with Crippen LogP contribution in [0.2, 0.25) is 0 Å². The second-order valence-corrected chi connectivity index (χ2v) is 14.9. The molecule has 2 aromatic rings. The number of allylic oxidation sites excluding steroid dienone is 1. The molecule has 0 bridgehead atoms. The van der Waals surface area contributed by atoms with E-state index >= 15 is 0 Å². The van der Waals surface area contributed by atoms with Gasteiger partial charge in [0.25, 0.3) is 0 Å². The standard InChI is InChI=1S/C38H48O4/c1-24(39)41-29-18-20-37(2)28(23-29)14-15-31-32-16-17-34(38(32,3)21-19-33(31)37)36(40)42-35-11-7-6-10-30(35)27-13-12-25-8-4-5-9-26(25)22-27/h4-5,8-9,12-14,22,29-35H,6-7,10-11,15-21,23H2,1-3H3/t29-,30+,31-,32-,33-,34+,35-,37-,38-/m0/s1. The van der Waals surface area contributed by atoms with Gasteiger partial charge in [0.05, 0.1) is 5.92 Å². The van der Waals surface area contributed by atoms with E-state index in [-0.39, 0.29) is 46.8 Å². The first-order valence-corrected chi connectivity index (χ1v) is 16.8. The molecule has 224 valence electrons. The molecule has 42 heavy (non-hydrogen) atoms. The molecule has 0 heterocycles. The Kier molecular flexibility index (Phi) is 7.26. The molecule has 4 nitrogen and oxygen atoms in total. The summed E-state index contributed by atoms with van der Waals surface area (Å²) >= 11 is 0. The topological polar surface area (TPSA) is 52.6 Å². The maximum Gasteiger partial charge on any atom is 0.309 e. The summed E-state index contributed by atoms with van der Waals surface area (Å²) in [5.74, 6) is 2.11. The second-order valence-electron chi connectivity index (χ2n) is 14.9. The lowest BCUT2D eigenvalue weighted by Crippen LogP contribution is -2.51. The minimum Gasteiger partial charge on any atom is -0.462 e. The molecule has 0 saturated heterocycles. The quantitative estimate of drug-likeness (QED) is 0.273. The van der Waals surface area contributed by atoms with Crippen molar-refractivity contribution >= 4 is 22.7 Å². The van der Waals surface area contributed by atoms with Crippen molar-refractivity contribution in [2.45, 2.75) is 116 Å². The average molecular weight is 569 g/mol. The van der Waals surface area contributed by atoms with Gasteiger partial charge in [0.1, 0.15) is 12.2 Å². The van der Waals surface area contributed by atoms with Crippen LogP contribution in [0.3, 0.4) is 0 Å². The Hall–Kier alpha value is -2.62. The number of hydrogen-bond donors (Lipinski definition) is 0. The van der Waals surface area contributed by atoms with Gasteiger partial charge in [0, 0.05) is 19.3 Å². The molecular weight excluding hydrogens is 520 g/mol. The molecule has 4 heteroatoms. The van der Waals surface area contributed by atoms with Gasteiger partial charge < -0.3 is 9.47 Å². The first-order valence-electron chi connectivity index (χ1n) is 16.8. The smallest absolute Gasteiger partial charge is 0.309 e. The van der Waals surface area contributed by atoms with Crippen molar-refractivity contribution in [3.05, 3.63) is 59.7 Å². The van der Waals surface area contributed by atoms with Gasteiger partial charge in [-0.05, 0) is 109 Å². The van der Waals surface area contributed by atoms with Gasteiger partial charge in [-0.3, -0.25) is 9.59 Å². The zero-order valence-corrected chi connectivity index (χ0v) is 25.8. The van der Waals surface area contributed by atoms with Gasteiger partial charge in [-0.25, -0.2) is 0 Å². The Morgan fingerprint density at radius 1 is 0.833 bits per heavy atom. The predicted octanol–water partition coefficient (Wildman–Crippen LogP) is 8.92. The fourth-order valence-electron chi connectivity index (χ4n) is 10.6. The second kappa shape index (κ2) is 10.8. The van der Waals surface area contributed by atoms with E-state index in [4.69, 9.17) is 9.47 Å². The molecule has 0 N–H and O–H groups in total. The van der Waals surface area contributed by atoms with E-state index in [0.717, 1.165) is 64.2 Å². The van der Waals surface area contributed by atoms with Crippen molar-refractivity contribution in [1.82, 2.24) is 0 Å². The lowest BCUT2D eigenvalue weighted by molar-refractivity contribution is -0.164. The molecule has 4 saturated carbocycles. The molecule has 0 spiro atoms. The maximum absolute atomic E-state index is 14.1. The first-order chi connectivity index (χ1) is 20.3. The van der Waals surface area contributed by atoms with Crippen LogP contribution < -0.4 is 0 Å². The average Bonchev–Trinajstić information content (AvgIpc) is 3.34. The van der Waals surface area contributed by atoms with Crippen LogP contribution in [0.25, 0.3) is 10.8 Å². The molecular formula is C38H48O4. The molecule has 5 aliphatic carbocycles. The Morgan fingerprint density at radius 2 is 1.64 bits per heavy atom. The molecule has 0 aromatic heterocycles. The lowest BCUT2D eigenvalue weighted by Gasteiger charge is -2.58. The summed E-state index contributed by atoms with van der Waals surface area (Å²) in [6.07, 6.45) is 15.4. The van der Waals surface area contributed by atoms with Crippen LogP contribution in [0.4, 0.5) is 0 Å². The van der Waals surface area contributed by atoms with Crippen LogP contribution in [-0.4, -0.2) is 24.1 Å². The SMILES string of the molecule is CC(=O)O[C@H]1CC[C@@]2(C)C(=CC[C@H]3[C@@H]4CC[C@H](C(=O)O[C@H]5CCCC[C@@H]5c5ccc6ccccc6c5)[C@@]4(C)CC[C@@H]32)C1. The highest BCUT2D eigenvalue weighted by atomic mass is 16.5. The summed E-state index contributed by atoms with van der Waals surface area (Å²) in [5, 5.41) is 2.54. The zero-order chi connectivity index (χ0) is 29.1. The summed E-state index contributed by atoms with van der Waals surface area (Å²) in [6, 6.07) is 15.4. The van der Waals surface area contributed by atoms with Gasteiger partial charge in [-0.2, -0.15) is 0 Å². The van der Waals surface area contributed by atoms with Crippen molar-refractivity contribution in [3.8, 4) is 0 Å². The normalized spacial score (nSPS) is 39.4. The minimum absolute atomic E-state index is 0.0144. The fraction of sp³-hybridized carbons (Fsp3) is 0.632. The molecule has 4 fully saturated rings. The van der Waals surface area contributed by atoms with E-state index in [0.29, 0.717) is 17.8 Å². The number of esters is 2. The van der Waals surface area contributed by atoms with Gasteiger partial charge >= 0.3 is 11.9 Å². The van der Waals surface area contributed by atoms with E-state index in [1.165, 1.54) is 41.7 Å². The van der Waals surface area contributed by atoms with Crippen LogP contribution in [0.1, 0.15) is 109 Å². The lowest BCUT2D eigenvalue weighted by atomic mass is 9.47. The van der Waals surface area contributed by atoms with Crippen molar-refractivity contribution in [1.29, 1.82) is 0 Å². The van der Waals surface area contributed by atoms with Crippen molar-refractivity contribution in [2.24, 2.45) is 34.5 Å². The molecule has 0 aliphatic heterocycles. The van der Waals surface area contributed by atoms with Crippen LogP contribution in [0.5, 0.6) is 0 Å². The minimum atomic E-state index is -0.160. The number of fused-ring (bicyclic) bond motifs is 6. The van der Waals surface area contributed by atoms with E-state index in [1.54, 1.807) is 0 Å². The van der Waals surface area contributed by atoms with Crippen molar-refractivity contribution in [2.75, 3.05) is 0 Å². The molecule has 7 rings (SSSR count). The highest BCUT2D eigenvalue weighted by Gasteiger charge is 2.60. The number of rotatable bonds is 4. The van der Waals surface area contributed by atoms with E-state index in [9.17, 15) is 9.59 Å². The third kappa shape index (κ3) is 4.72. The third-order valence-electron chi connectivity index (χ3n) is 12.8. The van der Waals surface area contributed by atoms with Crippen LogP contribution >= 0.6 is 0 Å². The number of carbonyl (C=O) groups excluding carboxylic acids is 2. The number of hydrogen-bond acceptors (Lipinski definition) is 4. The van der Waals surface area contributed by atoms with Gasteiger partial charge in [0.15, 0.2) is 0 Å². The Bertz CT molecular complexity index is 1390. The van der Waals surface area contributed by atoms with Crippen LogP contribution in [0.15, 0.2) is 54.1 Å². The number of benzene rings is 2. The molecule has 0 unspecified atom stereocenters. The van der Waals surface area contributed by atoms with Crippen molar-refractivity contribution < 1.29 is 19.1 Å². The predicted molar refractivity (Wildman–Crippen MR) is 166 cm³/mol. The monoisotopic (exact) mass is 568 g/mol. The summed E-state index contributed by atoms with van der Waals surface area (Å²) in [4.78, 5) is 25.7. The summed E-state index contributed by atoms with van der Waals surface area (Å²) in [5.41, 5.74) is 3.08. The molecule has 9 atom stereocenters.